The first kappa shape index (κ1) is 16.5. The lowest BCUT2D eigenvalue weighted by atomic mass is 10.2. The van der Waals surface area contributed by atoms with Crippen molar-refractivity contribution in [3.05, 3.63) is 66.2 Å². The summed E-state index contributed by atoms with van der Waals surface area (Å²) >= 11 is 0. The van der Waals surface area contributed by atoms with Crippen LogP contribution in [-0.2, 0) is 16.1 Å². The van der Waals surface area contributed by atoms with Gasteiger partial charge in [0.25, 0.3) is 0 Å². The minimum Gasteiger partial charge on any atom is -0.378 e. The molecular weight excluding hydrogens is 300 g/mol. The topological polar surface area (TPSA) is 32.8 Å². The van der Waals surface area contributed by atoms with Gasteiger partial charge >= 0.3 is 0 Å². The van der Waals surface area contributed by atoms with Gasteiger partial charge < -0.3 is 14.5 Å². The number of anilines is 1. The van der Waals surface area contributed by atoms with Crippen LogP contribution in [0.5, 0.6) is 0 Å². The molecule has 0 radical (unpaired) electrons. The monoisotopic (exact) mass is 324 g/mol. The third-order valence-electron chi connectivity index (χ3n) is 4.30. The van der Waals surface area contributed by atoms with Gasteiger partial charge in [-0.25, -0.2) is 0 Å². The van der Waals surface area contributed by atoms with E-state index in [1.54, 1.807) is 0 Å². The molecule has 4 nitrogen and oxygen atoms in total. The third-order valence-corrected chi connectivity index (χ3v) is 4.30. The predicted molar refractivity (Wildman–Crippen MR) is 96.0 cm³/mol. The second-order valence-corrected chi connectivity index (χ2v) is 5.99. The van der Waals surface area contributed by atoms with Gasteiger partial charge in [0.2, 0.25) is 5.91 Å². The number of carbonyl (C=O) groups is 1. The summed E-state index contributed by atoms with van der Waals surface area (Å²) in [6.45, 7) is 4.25. The van der Waals surface area contributed by atoms with E-state index in [2.05, 4.69) is 41.3 Å². The van der Waals surface area contributed by atoms with Crippen molar-refractivity contribution in [3.63, 3.8) is 0 Å². The molecule has 0 bridgehead atoms. The molecule has 126 valence electrons. The summed E-state index contributed by atoms with van der Waals surface area (Å²) in [6.07, 6.45) is 0.529. The molecule has 1 saturated heterocycles. The maximum atomic E-state index is 12.4. The van der Waals surface area contributed by atoms with Crippen molar-refractivity contribution in [2.24, 2.45) is 0 Å². The zero-order valence-corrected chi connectivity index (χ0v) is 13.9. The molecule has 2 aromatic rings. The van der Waals surface area contributed by atoms with Crippen LogP contribution < -0.4 is 4.90 Å². The molecule has 0 aliphatic carbocycles. The highest BCUT2D eigenvalue weighted by molar-refractivity contribution is 5.77. The Kier molecular flexibility index (Phi) is 5.85. The predicted octanol–water partition coefficient (Wildman–Crippen LogP) is 2.94. The molecule has 0 spiro atoms. The molecule has 0 saturated carbocycles. The summed E-state index contributed by atoms with van der Waals surface area (Å²) < 4.78 is 5.32. The van der Waals surface area contributed by atoms with Crippen LogP contribution >= 0.6 is 0 Å². The fourth-order valence-corrected chi connectivity index (χ4v) is 2.94. The standard InChI is InChI=1S/C20H24N2O2/c23-20(21-13-15-24-16-14-21)11-12-22(19-9-5-2-6-10-19)17-18-7-3-1-4-8-18/h1-10H,11-17H2. The molecule has 1 fully saturated rings. The number of carbonyl (C=O) groups excluding carboxylic acids is 1. The van der Waals surface area contributed by atoms with Gasteiger partial charge in [-0.2, -0.15) is 0 Å². The van der Waals surface area contributed by atoms with Crippen LogP contribution in [0, 0.1) is 0 Å². The first-order chi connectivity index (χ1) is 11.8. The average molecular weight is 324 g/mol. The van der Waals surface area contributed by atoms with E-state index in [0.29, 0.717) is 32.7 Å². The van der Waals surface area contributed by atoms with Crippen molar-refractivity contribution < 1.29 is 9.53 Å². The van der Waals surface area contributed by atoms with Crippen LogP contribution in [0.1, 0.15) is 12.0 Å². The fourth-order valence-electron chi connectivity index (χ4n) is 2.94. The number of hydrogen-bond donors (Lipinski definition) is 0. The lowest BCUT2D eigenvalue weighted by molar-refractivity contribution is -0.135. The van der Waals surface area contributed by atoms with Crippen molar-refractivity contribution >= 4 is 11.6 Å². The Morgan fingerprint density at radius 3 is 2.25 bits per heavy atom. The number of para-hydroxylation sites is 1. The first-order valence-electron chi connectivity index (χ1n) is 8.52. The molecule has 24 heavy (non-hydrogen) atoms. The summed E-state index contributed by atoms with van der Waals surface area (Å²) in [5.74, 6) is 0.215. The van der Waals surface area contributed by atoms with Gasteiger partial charge in [-0.3, -0.25) is 4.79 Å². The van der Waals surface area contributed by atoms with Gasteiger partial charge in [0.1, 0.15) is 0 Å². The van der Waals surface area contributed by atoms with Gasteiger partial charge in [-0.05, 0) is 17.7 Å². The summed E-state index contributed by atoms with van der Waals surface area (Å²) in [7, 11) is 0. The van der Waals surface area contributed by atoms with Gasteiger partial charge in [0.15, 0.2) is 0 Å². The zero-order valence-electron chi connectivity index (χ0n) is 13.9. The Labute approximate surface area is 143 Å². The minimum absolute atomic E-state index is 0.215. The van der Waals surface area contributed by atoms with Crippen molar-refractivity contribution in [1.29, 1.82) is 0 Å². The Hall–Kier alpha value is -2.33. The Balaban J connectivity index is 1.64. The molecular formula is C20H24N2O2. The molecule has 0 N–H and O–H groups in total. The molecule has 1 aliphatic heterocycles. The van der Waals surface area contributed by atoms with Crippen LogP contribution in [0.15, 0.2) is 60.7 Å². The normalized spacial score (nSPS) is 14.4. The number of morpholine rings is 1. The van der Waals surface area contributed by atoms with Gasteiger partial charge in [0, 0.05) is 38.3 Å². The molecule has 0 aromatic heterocycles. The number of hydrogen-bond acceptors (Lipinski definition) is 3. The summed E-state index contributed by atoms with van der Waals surface area (Å²) in [5.41, 5.74) is 2.40. The van der Waals surface area contributed by atoms with E-state index in [9.17, 15) is 4.79 Å². The highest BCUT2D eigenvalue weighted by Crippen LogP contribution is 2.17. The Morgan fingerprint density at radius 2 is 1.58 bits per heavy atom. The molecule has 1 aliphatic rings. The second-order valence-electron chi connectivity index (χ2n) is 5.99. The first-order valence-corrected chi connectivity index (χ1v) is 8.52. The number of rotatable bonds is 6. The molecule has 0 unspecified atom stereocenters. The second kappa shape index (κ2) is 8.50. The highest BCUT2D eigenvalue weighted by atomic mass is 16.5. The van der Waals surface area contributed by atoms with Crippen LogP contribution in [0.2, 0.25) is 0 Å². The van der Waals surface area contributed by atoms with E-state index in [1.165, 1.54) is 5.56 Å². The molecule has 2 aromatic carbocycles. The Morgan fingerprint density at radius 1 is 0.958 bits per heavy atom. The summed E-state index contributed by atoms with van der Waals surface area (Å²) in [5, 5.41) is 0. The molecule has 1 heterocycles. The van der Waals surface area contributed by atoms with Gasteiger partial charge in [0.05, 0.1) is 13.2 Å². The van der Waals surface area contributed by atoms with E-state index in [4.69, 9.17) is 4.74 Å². The van der Waals surface area contributed by atoms with E-state index >= 15 is 0 Å². The molecule has 4 heteroatoms. The number of nitrogens with zero attached hydrogens (tertiary/aromatic N) is 2. The zero-order chi connectivity index (χ0) is 16.6. The van der Waals surface area contributed by atoms with Gasteiger partial charge in [-0.1, -0.05) is 48.5 Å². The maximum Gasteiger partial charge on any atom is 0.224 e. The number of benzene rings is 2. The summed E-state index contributed by atoms with van der Waals surface area (Å²) in [4.78, 5) is 16.6. The van der Waals surface area contributed by atoms with Crippen LogP contribution in [0.25, 0.3) is 0 Å². The number of ether oxygens (including phenoxy) is 1. The molecule has 0 atom stereocenters. The number of amides is 1. The van der Waals surface area contributed by atoms with Crippen molar-refractivity contribution in [1.82, 2.24) is 4.90 Å². The van der Waals surface area contributed by atoms with E-state index in [-0.39, 0.29) is 5.91 Å². The molecule has 3 rings (SSSR count). The average Bonchev–Trinajstić information content (AvgIpc) is 2.67. The van der Waals surface area contributed by atoms with Crippen molar-refractivity contribution in [2.45, 2.75) is 13.0 Å². The lowest BCUT2D eigenvalue weighted by Crippen LogP contribution is -2.42. The largest absolute Gasteiger partial charge is 0.378 e. The lowest BCUT2D eigenvalue weighted by Gasteiger charge is -2.29. The fraction of sp³-hybridized carbons (Fsp3) is 0.350. The molecule has 1 amide bonds. The quantitative estimate of drug-likeness (QED) is 0.819. The van der Waals surface area contributed by atoms with E-state index < -0.39 is 0 Å². The van der Waals surface area contributed by atoms with Crippen LogP contribution in [0.4, 0.5) is 5.69 Å². The summed E-state index contributed by atoms with van der Waals surface area (Å²) in [6, 6.07) is 20.7. The highest BCUT2D eigenvalue weighted by Gasteiger charge is 2.18. The van der Waals surface area contributed by atoms with Crippen molar-refractivity contribution in [3.8, 4) is 0 Å². The van der Waals surface area contributed by atoms with E-state index in [1.807, 2.05) is 29.2 Å². The minimum atomic E-state index is 0.215. The van der Waals surface area contributed by atoms with Gasteiger partial charge in [-0.15, -0.1) is 0 Å². The smallest absolute Gasteiger partial charge is 0.224 e. The van der Waals surface area contributed by atoms with Crippen LogP contribution in [-0.4, -0.2) is 43.7 Å². The van der Waals surface area contributed by atoms with E-state index in [0.717, 1.165) is 18.8 Å². The maximum absolute atomic E-state index is 12.4. The van der Waals surface area contributed by atoms with Crippen LogP contribution in [0.3, 0.4) is 0 Å². The SMILES string of the molecule is O=C(CCN(Cc1ccccc1)c1ccccc1)N1CCOCC1. The third kappa shape index (κ3) is 4.59. The Bertz CT molecular complexity index is 625. The van der Waals surface area contributed by atoms with Crippen molar-refractivity contribution in [2.75, 3.05) is 37.7 Å².